The number of fused-ring (bicyclic) bond motifs is 2. The summed E-state index contributed by atoms with van der Waals surface area (Å²) in [5.74, 6) is 2.41. The van der Waals surface area contributed by atoms with Crippen molar-refractivity contribution < 1.29 is 9.16 Å². The first-order valence-corrected chi connectivity index (χ1v) is 16.7. The molecule has 2 aliphatic rings. The summed E-state index contributed by atoms with van der Waals surface area (Å²) < 4.78 is 13.1. The van der Waals surface area contributed by atoms with E-state index in [1.807, 2.05) is 6.07 Å². The van der Waals surface area contributed by atoms with Crippen LogP contribution in [0.4, 0.5) is 0 Å². The molecule has 0 heterocycles. The van der Waals surface area contributed by atoms with Crippen molar-refractivity contribution in [2.75, 3.05) is 0 Å². The monoisotopic (exact) mass is 510 g/mol. The highest BCUT2D eigenvalue weighted by molar-refractivity contribution is 6.74. The Balaban J connectivity index is 1.48. The minimum atomic E-state index is -1.90. The van der Waals surface area contributed by atoms with Gasteiger partial charge in [-0.3, -0.25) is 0 Å². The fourth-order valence-electron chi connectivity index (χ4n) is 5.25. The highest BCUT2D eigenvalue weighted by atomic mass is 28.4. The summed E-state index contributed by atoms with van der Waals surface area (Å²) in [5.41, 5.74) is 9.50. The molecule has 0 amide bonds. The average molecular weight is 511 g/mol. The molecule has 0 N–H and O–H groups in total. The van der Waals surface area contributed by atoms with Crippen molar-refractivity contribution in [1.82, 2.24) is 0 Å². The van der Waals surface area contributed by atoms with Crippen LogP contribution in [0.5, 0.6) is 11.5 Å². The number of ether oxygens (including phenoxy) is 1. The number of aryl methyl sites for hydroxylation is 1. The minimum absolute atomic E-state index is 0.179. The molecule has 2 aliphatic carbocycles. The van der Waals surface area contributed by atoms with Crippen LogP contribution in [0.25, 0.3) is 5.57 Å². The lowest BCUT2D eigenvalue weighted by atomic mass is 9.91. The third kappa shape index (κ3) is 4.91. The smallest absolute Gasteiger partial charge is 0.250 e. The van der Waals surface area contributed by atoms with E-state index < -0.39 is 8.32 Å². The normalized spacial score (nSPS) is 16.1. The Morgan fingerprint density at radius 1 is 0.946 bits per heavy atom. The highest BCUT2D eigenvalue weighted by Crippen LogP contribution is 2.59. The molecule has 0 atom stereocenters. The van der Waals surface area contributed by atoms with E-state index in [0.29, 0.717) is 12.5 Å². The number of rotatable bonds is 7. The second-order valence-electron chi connectivity index (χ2n) is 12.9. The van der Waals surface area contributed by atoms with Crippen LogP contribution in [0.1, 0.15) is 86.8 Å². The quantitative estimate of drug-likeness (QED) is 0.295. The average Bonchev–Trinajstić information content (AvgIpc) is 3.54. The molecule has 1 spiro atoms. The zero-order valence-electron chi connectivity index (χ0n) is 23.9. The molecule has 0 unspecified atom stereocenters. The molecular formula is C34H42O2Si. The molecule has 0 saturated heterocycles. The Morgan fingerprint density at radius 3 is 2.27 bits per heavy atom. The Labute approximate surface area is 224 Å². The van der Waals surface area contributed by atoms with Crippen LogP contribution in [-0.2, 0) is 12.0 Å². The van der Waals surface area contributed by atoms with Gasteiger partial charge in [0.1, 0.15) is 18.1 Å². The fourth-order valence-corrected chi connectivity index (χ4v) is 6.26. The van der Waals surface area contributed by atoms with E-state index in [0.717, 1.165) is 11.5 Å². The van der Waals surface area contributed by atoms with Crippen LogP contribution < -0.4 is 9.16 Å². The lowest BCUT2D eigenvalue weighted by Gasteiger charge is -2.36. The molecule has 0 radical (unpaired) electrons. The zero-order chi connectivity index (χ0) is 26.6. The van der Waals surface area contributed by atoms with Gasteiger partial charge in [-0.15, -0.1) is 0 Å². The van der Waals surface area contributed by atoms with Gasteiger partial charge in [-0.05, 0) is 107 Å². The van der Waals surface area contributed by atoms with Crippen molar-refractivity contribution in [2.45, 2.75) is 90.5 Å². The van der Waals surface area contributed by atoms with Crippen molar-refractivity contribution in [3.8, 4) is 11.5 Å². The standard InChI is InChI=1S/C34H42O2Si/c1-23(2)28-19-26(14-15-31(28)35-22-25-12-10-9-11-13-25)29-21-34(16-17-34)30-20-27(18-24(3)32(29)30)36-37(7,8)33(4,5)6/h9-15,18-21,23H,16-17,22H2,1-8H3. The van der Waals surface area contributed by atoms with Crippen LogP contribution in [0, 0.1) is 6.92 Å². The maximum atomic E-state index is 6.76. The summed E-state index contributed by atoms with van der Waals surface area (Å²) in [6, 6.07) is 21.8. The minimum Gasteiger partial charge on any atom is -0.543 e. The zero-order valence-corrected chi connectivity index (χ0v) is 24.9. The summed E-state index contributed by atoms with van der Waals surface area (Å²) in [7, 11) is -1.90. The molecular weight excluding hydrogens is 468 g/mol. The Kier molecular flexibility index (Phi) is 6.43. The van der Waals surface area contributed by atoms with Gasteiger partial charge in [0.2, 0.25) is 8.32 Å². The predicted octanol–water partition coefficient (Wildman–Crippen LogP) is 9.56. The predicted molar refractivity (Wildman–Crippen MR) is 158 cm³/mol. The van der Waals surface area contributed by atoms with E-state index in [-0.39, 0.29) is 10.5 Å². The molecule has 1 fully saturated rings. The second kappa shape index (κ2) is 9.20. The van der Waals surface area contributed by atoms with Crippen molar-refractivity contribution in [1.29, 1.82) is 0 Å². The first-order chi connectivity index (χ1) is 17.4. The van der Waals surface area contributed by atoms with Gasteiger partial charge < -0.3 is 9.16 Å². The van der Waals surface area contributed by atoms with Crippen LogP contribution in [0.15, 0.2) is 66.7 Å². The first-order valence-electron chi connectivity index (χ1n) is 13.8. The van der Waals surface area contributed by atoms with Gasteiger partial charge in [0, 0.05) is 5.41 Å². The third-order valence-electron chi connectivity index (χ3n) is 8.68. The molecule has 5 rings (SSSR count). The molecule has 0 aliphatic heterocycles. The molecule has 0 aromatic heterocycles. The summed E-state index contributed by atoms with van der Waals surface area (Å²) >= 11 is 0. The molecule has 37 heavy (non-hydrogen) atoms. The van der Waals surface area contributed by atoms with Crippen molar-refractivity contribution in [2.24, 2.45) is 0 Å². The SMILES string of the molecule is Cc1cc(O[Si](C)(C)C(C)(C)C)cc2c1C(c1ccc(OCc3ccccc3)c(C(C)C)c1)=CC21CC1. The van der Waals surface area contributed by atoms with Gasteiger partial charge in [0.25, 0.3) is 0 Å². The van der Waals surface area contributed by atoms with Gasteiger partial charge in [-0.1, -0.05) is 77.1 Å². The largest absolute Gasteiger partial charge is 0.543 e. The Hall–Kier alpha value is -2.78. The number of hydrogen-bond donors (Lipinski definition) is 0. The third-order valence-corrected chi connectivity index (χ3v) is 13.0. The molecule has 0 bridgehead atoms. The van der Waals surface area contributed by atoms with E-state index in [9.17, 15) is 0 Å². The highest BCUT2D eigenvalue weighted by Gasteiger charge is 2.49. The topological polar surface area (TPSA) is 18.5 Å². The first kappa shape index (κ1) is 25.8. The number of benzene rings is 3. The van der Waals surface area contributed by atoms with E-state index >= 15 is 0 Å². The van der Waals surface area contributed by atoms with Crippen LogP contribution in [0.3, 0.4) is 0 Å². The fraction of sp³-hybridized carbons (Fsp3) is 0.412. The van der Waals surface area contributed by atoms with Crippen LogP contribution >= 0.6 is 0 Å². The summed E-state index contributed by atoms with van der Waals surface area (Å²) in [6.45, 7) is 18.9. The van der Waals surface area contributed by atoms with Gasteiger partial charge in [-0.2, -0.15) is 0 Å². The Morgan fingerprint density at radius 2 is 1.65 bits per heavy atom. The summed E-state index contributed by atoms with van der Waals surface area (Å²) in [6.07, 6.45) is 4.99. The van der Waals surface area contributed by atoms with Crippen molar-refractivity contribution >= 4 is 13.9 Å². The van der Waals surface area contributed by atoms with Crippen molar-refractivity contribution in [3.63, 3.8) is 0 Å². The number of hydrogen-bond acceptors (Lipinski definition) is 2. The van der Waals surface area contributed by atoms with Gasteiger partial charge >= 0.3 is 0 Å². The van der Waals surface area contributed by atoms with E-state index in [2.05, 4.69) is 115 Å². The van der Waals surface area contributed by atoms with Crippen LogP contribution in [0.2, 0.25) is 18.1 Å². The molecule has 1 saturated carbocycles. The van der Waals surface area contributed by atoms with Gasteiger partial charge in [0.05, 0.1) is 0 Å². The van der Waals surface area contributed by atoms with E-state index in [1.165, 1.54) is 51.8 Å². The maximum absolute atomic E-state index is 6.76. The van der Waals surface area contributed by atoms with Crippen LogP contribution in [-0.4, -0.2) is 8.32 Å². The lowest BCUT2D eigenvalue weighted by molar-refractivity contribution is 0.302. The van der Waals surface area contributed by atoms with Crippen molar-refractivity contribution in [3.05, 3.63) is 100 Å². The van der Waals surface area contributed by atoms with E-state index in [4.69, 9.17) is 9.16 Å². The molecule has 3 aromatic rings. The van der Waals surface area contributed by atoms with Gasteiger partial charge in [0.15, 0.2) is 0 Å². The second-order valence-corrected chi connectivity index (χ2v) is 17.6. The molecule has 2 nitrogen and oxygen atoms in total. The van der Waals surface area contributed by atoms with Gasteiger partial charge in [-0.25, -0.2) is 0 Å². The lowest BCUT2D eigenvalue weighted by Crippen LogP contribution is -2.43. The summed E-state index contributed by atoms with van der Waals surface area (Å²) in [5, 5.41) is 0.179. The maximum Gasteiger partial charge on any atom is 0.250 e. The Bertz CT molecular complexity index is 1340. The molecule has 3 aromatic carbocycles. The molecule has 3 heteroatoms. The molecule has 194 valence electrons. The number of allylic oxidation sites excluding steroid dienone is 1. The van der Waals surface area contributed by atoms with E-state index in [1.54, 1.807) is 0 Å². The summed E-state index contributed by atoms with van der Waals surface area (Å²) in [4.78, 5) is 0.